The fraction of sp³-hybridized carbons (Fsp3) is 0.190. The van der Waals surface area contributed by atoms with Gasteiger partial charge in [-0.1, -0.05) is 18.2 Å². The molecule has 1 aliphatic rings. The van der Waals surface area contributed by atoms with Crippen LogP contribution in [0.1, 0.15) is 44.4 Å². The first-order valence-electron chi connectivity index (χ1n) is 8.95. The molecule has 1 aliphatic heterocycles. The van der Waals surface area contributed by atoms with E-state index in [4.69, 9.17) is 9.84 Å². The lowest BCUT2D eigenvalue weighted by Gasteiger charge is -2.26. The van der Waals surface area contributed by atoms with Crippen LogP contribution in [0.25, 0.3) is 5.69 Å². The van der Waals surface area contributed by atoms with Gasteiger partial charge in [-0.25, -0.2) is 9.48 Å². The Morgan fingerprint density at radius 2 is 1.93 bits per heavy atom. The summed E-state index contributed by atoms with van der Waals surface area (Å²) in [4.78, 5) is 23.9. The highest BCUT2D eigenvalue weighted by atomic mass is 16.5. The van der Waals surface area contributed by atoms with Crippen molar-refractivity contribution in [1.82, 2.24) is 15.1 Å². The van der Waals surface area contributed by atoms with Gasteiger partial charge in [0.05, 0.1) is 30.2 Å². The number of hydrogen-bond donors (Lipinski definition) is 2. The number of fused-ring (bicyclic) bond motifs is 1. The van der Waals surface area contributed by atoms with Gasteiger partial charge in [-0.2, -0.15) is 5.10 Å². The van der Waals surface area contributed by atoms with E-state index in [-0.39, 0.29) is 17.5 Å². The number of nitrogens with one attached hydrogen (secondary N) is 1. The number of carbonyl (C=O) groups is 2. The van der Waals surface area contributed by atoms with Crippen molar-refractivity contribution in [3.05, 3.63) is 77.1 Å². The molecule has 28 heavy (non-hydrogen) atoms. The lowest BCUT2D eigenvalue weighted by molar-refractivity contribution is 0.0695. The lowest BCUT2D eigenvalue weighted by atomic mass is 10.00. The second-order valence-corrected chi connectivity index (χ2v) is 6.61. The maximum absolute atomic E-state index is 12.7. The highest BCUT2D eigenvalue weighted by Gasteiger charge is 2.23. The van der Waals surface area contributed by atoms with E-state index in [1.807, 2.05) is 24.3 Å². The van der Waals surface area contributed by atoms with Gasteiger partial charge in [-0.05, 0) is 37.3 Å². The standard InChI is InChI=1S/C21H19N3O4/c1-13-17(21(26)27)12-22-24(13)15-8-6-14(7-9-15)20(25)23-18-10-11-28-19-5-3-2-4-16(18)19/h2-9,12,18H,10-11H2,1H3,(H,23,25)(H,26,27)/t18-/m0/s1. The second kappa shape index (κ2) is 7.19. The molecule has 2 N–H and O–H groups in total. The summed E-state index contributed by atoms with van der Waals surface area (Å²) in [5.41, 5.74) is 2.88. The second-order valence-electron chi connectivity index (χ2n) is 6.61. The summed E-state index contributed by atoms with van der Waals surface area (Å²) in [6.07, 6.45) is 2.03. The van der Waals surface area contributed by atoms with Crippen molar-refractivity contribution in [3.63, 3.8) is 0 Å². The number of carbonyl (C=O) groups excluding carboxylic acids is 1. The number of aromatic carboxylic acids is 1. The van der Waals surface area contributed by atoms with E-state index in [1.165, 1.54) is 6.20 Å². The van der Waals surface area contributed by atoms with Crippen molar-refractivity contribution >= 4 is 11.9 Å². The van der Waals surface area contributed by atoms with Gasteiger partial charge < -0.3 is 15.2 Å². The molecule has 2 heterocycles. The minimum absolute atomic E-state index is 0.0939. The van der Waals surface area contributed by atoms with Gasteiger partial charge in [0, 0.05) is 17.5 Å². The van der Waals surface area contributed by atoms with Crippen LogP contribution in [0.2, 0.25) is 0 Å². The Morgan fingerprint density at radius 3 is 2.64 bits per heavy atom. The van der Waals surface area contributed by atoms with Crippen LogP contribution in [0.15, 0.2) is 54.7 Å². The summed E-state index contributed by atoms with van der Waals surface area (Å²) < 4.78 is 7.17. The average Bonchev–Trinajstić information content (AvgIpc) is 3.10. The Labute approximate surface area is 161 Å². The molecule has 0 fully saturated rings. The van der Waals surface area contributed by atoms with Crippen molar-refractivity contribution in [1.29, 1.82) is 0 Å². The van der Waals surface area contributed by atoms with E-state index in [0.717, 1.165) is 11.3 Å². The summed E-state index contributed by atoms with van der Waals surface area (Å²) in [6.45, 7) is 2.26. The van der Waals surface area contributed by atoms with E-state index in [2.05, 4.69) is 10.4 Å². The van der Waals surface area contributed by atoms with Crippen LogP contribution >= 0.6 is 0 Å². The quantitative estimate of drug-likeness (QED) is 0.729. The van der Waals surface area contributed by atoms with Crippen LogP contribution in [-0.2, 0) is 0 Å². The molecular formula is C21H19N3O4. The molecule has 0 aliphatic carbocycles. The largest absolute Gasteiger partial charge is 0.493 e. The predicted octanol–water partition coefficient (Wildman–Crippen LogP) is 3.13. The third-order valence-electron chi connectivity index (χ3n) is 4.88. The number of carboxylic acid groups (broad SMARTS) is 1. The zero-order valence-corrected chi connectivity index (χ0v) is 15.3. The minimum Gasteiger partial charge on any atom is -0.493 e. The van der Waals surface area contributed by atoms with Gasteiger partial charge in [0.25, 0.3) is 5.91 Å². The van der Waals surface area contributed by atoms with Crippen LogP contribution in [0.3, 0.4) is 0 Å². The topological polar surface area (TPSA) is 93.5 Å². The van der Waals surface area contributed by atoms with Crippen molar-refractivity contribution in [2.45, 2.75) is 19.4 Å². The first kappa shape index (κ1) is 17.8. The van der Waals surface area contributed by atoms with Crippen molar-refractivity contribution in [3.8, 4) is 11.4 Å². The third kappa shape index (κ3) is 3.22. The number of rotatable bonds is 4. The smallest absolute Gasteiger partial charge is 0.339 e. The zero-order chi connectivity index (χ0) is 19.7. The molecule has 3 aromatic rings. The minimum atomic E-state index is -1.02. The number of para-hydroxylation sites is 1. The molecule has 1 atom stereocenters. The maximum atomic E-state index is 12.7. The molecule has 0 saturated carbocycles. The summed E-state index contributed by atoms with van der Waals surface area (Å²) in [7, 11) is 0. The number of benzene rings is 2. The Balaban J connectivity index is 1.52. The number of hydrogen-bond acceptors (Lipinski definition) is 4. The summed E-state index contributed by atoms with van der Waals surface area (Å²) in [6, 6.07) is 14.5. The van der Waals surface area contributed by atoms with E-state index < -0.39 is 5.97 Å². The molecule has 0 spiro atoms. The number of ether oxygens (including phenoxy) is 1. The molecule has 142 valence electrons. The summed E-state index contributed by atoms with van der Waals surface area (Å²) in [5.74, 6) is -0.383. The molecular weight excluding hydrogens is 358 g/mol. The highest BCUT2D eigenvalue weighted by Crippen LogP contribution is 2.31. The summed E-state index contributed by atoms with van der Waals surface area (Å²) in [5, 5.41) is 16.3. The van der Waals surface area contributed by atoms with Gasteiger partial charge in [0.15, 0.2) is 0 Å². The number of carboxylic acids is 1. The van der Waals surface area contributed by atoms with Gasteiger partial charge in [-0.3, -0.25) is 4.79 Å². The zero-order valence-electron chi connectivity index (χ0n) is 15.3. The van der Waals surface area contributed by atoms with Crippen molar-refractivity contribution in [2.24, 2.45) is 0 Å². The molecule has 1 amide bonds. The fourth-order valence-corrected chi connectivity index (χ4v) is 3.37. The predicted molar refractivity (Wildman–Crippen MR) is 102 cm³/mol. The van der Waals surface area contributed by atoms with Crippen LogP contribution < -0.4 is 10.1 Å². The Kier molecular flexibility index (Phi) is 4.57. The fourth-order valence-electron chi connectivity index (χ4n) is 3.37. The Hall–Kier alpha value is -3.61. The highest BCUT2D eigenvalue weighted by molar-refractivity contribution is 5.94. The third-order valence-corrected chi connectivity index (χ3v) is 4.88. The number of amides is 1. The number of nitrogens with zero attached hydrogens (tertiary/aromatic N) is 2. The molecule has 2 aromatic carbocycles. The van der Waals surface area contributed by atoms with Gasteiger partial charge in [0.1, 0.15) is 11.3 Å². The van der Waals surface area contributed by atoms with Gasteiger partial charge in [-0.15, -0.1) is 0 Å². The molecule has 0 radical (unpaired) electrons. The first-order valence-corrected chi connectivity index (χ1v) is 8.95. The van der Waals surface area contributed by atoms with Gasteiger partial charge >= 0.3 is 5.97 Å². The van der Waals surface area contributed by atoms with E-state index in [9.17, 15) is 9.59 Å². The molecule has 1 aromatic heterocycles. The lowest BCUT2D eigenvalue weighted by Crippen LogP contribution is -2.32. The van der Waals surface area contributed by atoms with Crippen LogP contribution in [0.5, 0.6) is 5.75 Å². The molecule has 7 nitrogen and oxygen atoms in total. The molecule has 7 heteroatoms. The Bertz CT molecular complexity index is 1040. The summed E-state index contributed by atoms with van der Waals surface area (Å²) >= 11 is 0. The molecule has 4 rings (SSSR count). The van der Waals surface area contributed by atoms with E-state index >= 15 is 0 Å². The normalized spacial score (nSPS) is 15.4. The van der Waals surface area contributed by atoms with Crippen LogP contribution in [0.4, 0.5) is 0 Å². The Morgan fingerprint density at radius 1 is 1.18 bits per heavy atom. The molecule has 0 bridgehead atoms. The number of aromatic nitrogens is 2. The first-order chi connectivity index (χ1) is 13.5. The van der Waals surface area contributed by atoms with E-state index in [1.54, 1.807) is 35.9 Å². The van der Waals surface area contributed by atoms with Crippen LogP contribution in [-0.4, -0.2) is 33.4 Å². The average molecular weight is 377 g/mol. The maximum Gasteiger partial charge on any atom is 0.339 e. The van der Waals surface area contributed by atoms with Gasteiger partial charge in [0.2, 0.25) is 0 Å². The molecule has 0 saturated heterocycles. The van der Waals surface area contributed by atoms with Crippen molar-refractivity contribution in [2.75, 3.05) is 6.61 Å². The molecule has 0 unspecified atom stereocenters. The van der Waals surface area contributed by atoms with Crippen molar-refractivity contribution < 1.29 is 19.4 Å². The van der Waals surface area contributed by atoms with Crippen LogP contribution in [0, 0.1) is 6.92 Å². The monoisotopic (exact) mass is 377 g/mol. The van der Waals surface area contributed by atoms with E-state index in [0.29, 0.717) is 30.0 Å². The SMILES string of the molecule is Cc1c(C(=O)O)cnn1-c1ccc(C(=O)N[C@H]2CCOc3ccccc32)cc1.